The number of nitrogens with zero attached hydrogens (tertiary/aromatic N) is 4. The molecule has 0 bridgehead atoms. The number of hydrogen-bond donors (Lipinski definition) is 1. The quantitative estimate of drug-likeness (QED) is 0.290. The molecule has 0 amide bonds. The second-order valence-corrected chi connectivity index (χ2v) is 13.7. The Morgan fingerprint density at radius 1 is 0.977 bits per heavy atom. The van der Waals surface area contributed by atoms with Gasteiger partial charge in [0.2, 0.25) is 10.0 Å². The molecule has 228 valence electrons. The number of carbonyl (C=O) groups is 1. The lowest BCUT2D eigenvalue weighted by Crippen LogP contribution is -2.48. The van der Waals surface area contributed by atoms with Gasteiger partial charge in [-0.2, -0.15) is 4.31 Å². The van der Waals surface area contributed by atoms with Gasteiger partial charge in [0.25, 0.3) is 5.56 Å². The van der Waals surface area contributed by atoms with Gasteiger partial charge in [-0.05, 0) is 48.2 Å². The first-order valence-electron chi connectivity index (χ1n) is 15.0. The minimum Gasteiger partial charge on any atom is -0.458 e. The zero-order chi connectivity index (χ0) is 30.8. The molecule has 1 saturated heterocycles. The summed E-state index contributed by atoms with van der Waals surface area (Å²) in [6, 6.07) is 16.7. The number of cyclic esters (lactones) is 1. The number of hydrogen-bond acceptors (Lipinski definition) is 8. The Hall–Kier alpha value is -3.90. The smallest absolute Gasteiger partial charge is 0.343 e. The molecule has 2 aromatic heterocycles. The van der Waals surface area contributed by atoms with E-state index in [4.69, 9.17) is 9.72 Å². The molecule has 1 atom stereocenters. The van der Waals surface area contributed by atoms with Crippen LogP contribution in [0.3, 0.4) is 0 Å². The molecule has 1 fully saturated rings. The van der Waals surface area contributed by atoms with Gasteiger partial charge in [-0.15, -0.1) is 0 Å². The van der Waals surface area contributed by atoms with E-state index in [1.807, 2.05) is 43.3 Å². The van der Waals surface area contributed by atoms with Crippen molar-refractivity contribution in [1.82, 2.24) is 18.8 Å². The average Bonchev–Trinajstić information content (AvgIpc) is 3.42. The number of piperazine rings is 1. The largest absolute Gasteiger partial charge is 0.458 e. The molecule has 0 saturated carbocycles. The van der Waals surface area contributed by atoms with E-state index in [0.717, 1.165) is 34.0 Å². The van der Waals surface area contributed by atoms with Gasteiger partial charge in [-0.25, -0.2) is 18.2 Å². The number of aliphatic hydroxyl groups is 1. The predicted octanol–water partition coefficient (Wildman–Crippen LogP) is 3.15. The van der Waals surface area contributed by atoms with Crippen LogP contribution < -0.4 is 5.56 Å². The molecule has 44 heavy (non-hydrogen) atoms. The van der Waals surface area contributed by atoms with Crippen LogP contribution in [0.4, 0.5) is 0 Å². The summed E-state index contributed by atoms with van der Waals surface area (Å²) in [6.07, 6.45) is 0.931. The summed E-state index contributed by atoms with van der Waals surface area (Å²) in [5, 5.41) is 12.2. The maximum absolute atomic E-state index is 13.7. The van der Waals surface area contributed by atoms with Gasteiger partial charge in [0, 0.05) is 49.2 Å². The molecule has 3 aliphatic heterocycles. The molecule has 0 aliphatic carbocycles. The third-order valence-corrected chi connectivity index (χ3v) is 11.3. The standard InChI is InChI=1S/C33H34N4O6S/c1-3-21-9-11-22(12-10-21)44(41,42)36-15-13-35(14-16-36)18-24-23-7-5-6-8-28(23)34-30-25(24)19-37-29(30)17-27-26(31(37)38)20-43-32(39)33(27,40)4-2/h5-12,17,40H,3-4,13-16,18-20H2,1-2H3/t33-/m0/s1. The van der Waals surface area contributed by atoms with Crippen molar-refractivity contribution in [3.8, 4) is 11.4 Å². The molecule has 0 spiro atoms. The molecular formula is C33H34N4O6S. The van der Waals surface area contributed by atoms with Crippen molar-refractivity contribution in [3.63, 3.8) is 0 Å². The highest BCUT2D eigenvalue weighted by atomic mass is 32.2. The van der Waals surface area contributed by atoms with Gasteiger partial charge in [0.15, 0.2) is 5.60 Å². The van der Waals surface area contributed by atoms with Crippen LogP contribution in [0.15, 0.2) is 64.3 Å². The lowest BCUT2D eigenvalue weighted by Gasteiger charge is -2.34. The maximum Gasteiger partial charge on any atom is 0.343 e. The van der Waals surface area contributed by atoms with Crippen LogP contribution in [-0.4, -0.2) is 64.4 Å². The molecule has 1 N–H and O–H groups in total. The number of pyridine rings is 2. The Bertz CT molecular complexity index is 1980. The van der Waals surface area contributed by atoms with Gasteiger partial charge < -0.3 is 14.4 Å². The second kappa shape index (κ2) is 10.6. The lowest BCUT2D eigenvalue weighted by molar-refractivity contribution is -0.172. The number of rotatable bonds is 6. The number of aryl methyl sites for hydroxylation is 1. The van der Waals surface area contributed by atoms with Gasteiger partial charge >= 0.3 is 5.97 Å². The number of fused-ring (bicyclic) bond motifs is 5. The highest BCUT2D eigenvalue weighted by Gasteiger charge is 2.45. The second-order valence-electron chi connectivity index (χ2n) is 11.7. The SMILES string of the molecule is CCc1ccc(S(=O)(=O)N2CCN(Cc3c4c(nc5ccccc35)-c3cc5c(c(=O)n3C4)COC(=O)[C@]5(O)CC)CC2)cc1. The lowest BCUT2D eigenvalue weighted by atomic mass is 9.86. The highest BCUT2D eigenvalue weighted by Crippen LogP contribution is 2.40. The first-order valence-corrected chi connectivity index (χ1v) is 16.5. The molecule has 5 heterocycles. The average molecular weight is 615 g/mol. The summed E-state index contributed by atoms with van der Waals surface area (Å²) >= 11 is 0. The molecule has 7 rings (SSSR count). The van der Waals surface area contributed by atoms with Gasteiger partial charge in [0.1, 0.15) is 6.61 Å². The molecule has 4 aromatic rings. The third kappa shape index (κ3) is 4.41. The summed E-state index contributed by atoms with van der Waals surface area (Å²) < 4.78 is 35.1. The van der Waals surface area contributed by atoms with Gasteiger partial charge in [-0.1, -0.05) is 44.2 Å². The van der Waals surface area contributed by atoms with E-state index in [1.54, 1.807) is 34.0 Å². The first kappa shape index (κ1) is 28.8. The summed E-state index contributed by atoms with van der Waals surface area (Å²) in [5.74, 6) is -0.749. The molecular weight excluding hydrogens is 580 g/mol. The van der Waals surface area contributed by atoms with Gasteiger partial charge in [-0.3, -0.25) is 9.69 Å². The fraction of sp³-hybridized carbons (Fsp3) is 0.364. The minimum atomic E-state index is -3.59. The van der Waals surface area contributed by atoms with E-state index in [9.17, 15) is 23.1 Å². The Kier molecular flexibility index (Phi) is 6.96. The van der Waals surface area contributed by atoms with Gasteiger partial charge in [0.05, 0.1) is 33.9 Å². The third-order valence-electron chi connectivity index (χ3n) is 9.40. The molecule has 10 nitrogen and oxygen atoms in total. The zero-order valence-corrected chi connectivity index (χ0v) is 25.6. The Balaban J connectivity index is 1.22. The number of esters is 1. The van der Waals surface area contributed by atoms with Crippen molar-refractivity contribution in [2.75, 3.05) is 26.2 Å². The summed E-state index contributed by atoms with van der Waals surface area (Å²) in [7, 11) is -3.59. The summed E-state index contributed by atoms with van der Waals surface area (Å²) in [4.78, 5) is 33.8. The topological polar surface area (TPSA) is 122 Å². The van der Waals surface area contributed by atoms with Crippen LogP contribution in [0.2, 0.25) is 0 Å². The fourth-order valence-corrected chi connectivity index (χ4v) is 8.11. The van der Waals surface area contributed by atoms with Crippen LogP contribution in [-0.2, 0) is 51.3 Å². The Morgan fingerprint density at radius 3 is 2.41 bits per heavy atom. The van der Waals surface area contributed by atoms with E-state index >= 15 is 0 Å². The number of aromatic nitrogens is 2. The number of ether oxygens (including phenoxy) is 1. The first-order chi connectivity index (χ1) is 21.2. The van der Waals surface area contributed by atoms with Crippen LogP contribution in [0.1, 0.15) is 48.1 Å². The van der Waals surface area contributed by atoms with E-state index in [1.165, 1.54) is 0 Å². The number of para-hydroxylation sites is 1. The number of benzene rings is 2. The van der Waals surface area contributed by atoms with Crippen LogP contribution in [0.25, 0.3) is 22.3 Å². The van der Waals surface area contributed by atoms with Crippen LogP contribution in [0, 0.1) is 0 Å². The predicted molar refractivity (Wildman–Crippen MR) is 164 cm³/mol. The Labute approximate surface area is 255 Å². The van der Waals surface area contributed by atoms with Crippen molar-refractivity contribution < 1.29 is 23.1 Å². The summed E-state index contributed by atoms with van der Waals surface area (Å²) in [6.45, 7) is 6.29. The number of sulfonamides is 1. The van der Waals surface area contributed by atoms with Crippen molar-refractivity contribution in [2.45, 2.75) is 56.9 Å². The van der Waals surface area contributed by atoms with E-state index in [0.29, 0.717) is 66.7 Å². The molecule has 3 aliphatic rings. The van der Waals surface area contributed by atoms with E-state index < -0.39 is 21.6 Å². The zero-order valence-electron chi connectivity index (χ0n) is 24.7. The van der Waals surface area contributed by atoms with Crippen LogP contribution in [0.5, 0.6) is 0 Å². The molecule has 2 aromatic carbocycles. The highest BCUT2D eigenvalue weighted by molar-refractivity contribution is 7.89. The Morgan fingerprint density at radius 2 is 1.70 bits per heavy atom. The molecule has 11 heteroatoms. The van der Waals surface area contributed by atoms with Crippen molar-refractivity contribution in [1.29, 1.82) is 0 Å². The summed E-state index contributed by atoms with van der Waals surface area (Å²) in [5.41, 5.74) is 3.46. The monoisotopic (exact) mass is 614 g/mol. The van der Waals surface area contributed by atoms with E-state index in [-0.39, 0.29) is 18.6 Å². The fourth-order valence-electron chi connectivity index (χ4n) is 6.69. The molecule has 0 radical (unpaired) electrons. The molecule has 0 unspecified atom stereocenters. The van der Waals surface area contributed by atoms with Crippen molar-refractivity contribution >= 4 is 26.9 Å². The number of carbonyl (C=O) groups excluding carboxylic acids is 1. The van der Waals surface area contributed by atoms with Crippen molar-refractivity contribution in [2.24, 2.45) is 0 Å². The van der Waals surface area contributed by atoms with Crippen LogP contribution >= 0.6 is 0 Å². The maximum atomic E-state index is 13.7. The van der Waals surface area contributed by atoms with E-state index in [2.05, 4.69) is 4.90 Å². The minimum absolute atomic E-state index is 0.0801. The normalized spacial score (nSPS) is 20.3. The van der Waals surface area contributed by atoms with Crippen molar-refractivity contribution in [3.05, 3.63) is 92.8 Å².